The van der Waals surface area contributed by atoms with Crippen LogP contribution in [0.3, 0.4) is 0 Å². The number of nitrogens with zero attached hydrogens (tertiary/aromatic N) is 1. The molecular weight excluding hydrogens is 390 g/mol. The van der Waals surface area contributed by atoms with Crippen LogP contribution in [-0.2, 0) is 9.59 Å². The van der Waals surface area contributed by atoms with Crippen molar-refractivity contribution in [3.05, 3.63) is 53.2 Å². The first-order chi connectivity index (χ1) is 14.4. The third-order valence-corrected chi connectivity index (χ3v) is 4.59. The number of hydrogen-bond acceptors (Lipinski definition) is 6. The Morgan fingerprint density at radius 2 is 2.00 bits per heavy atom. The molecular formula is C21H19N3O6. The zero-order valence-corrected chi connectivity index (χ0v) is 16.4. The molecule has 0 aromatic heterocycles. The topological polar surface area (TPSA) is 106 Å². The van der Waals surface area contributed by atoms with E-state index in [9.17, 15) is 14.4 Å². The predicted molar refractivity (Wildman–Crippen MR) is 107 cm³/mol. The number of hydrogen-bond donors (Lipinski definition) is 2. The molecule has 2 aromatic rings. The Labute approximate surface area is 172 Å². The van der Waals surface area contributed by atoms with Gasteiger partial charge in [0.25, 0.3) is 5.91 Å². The highest BCUT2D eigenvalue weighted by atomic mass is 16.7. The van der Waals surface area contributed by atoms with Crippen molar-refractivity contribution in [2.45, 2.75) is 6.92 Å². The van der Waals surface area contributed by atoms with Crippen molar-refractivity contribution in [3.8, 4) is 17.2 Å². The molecule has 0 aliphatic carbocycles. The second-order valence-electron chi connectivity index (χ2n) is 6.75. The summed E-state index contributed by atoms with van der Waals surface area (Å²) in [6.45, 7) is 1.61. The van der Waals surface area contributed by atoms with Crippen LogP contribution in [0.4, 0.5) is 10.5 Å². The molecule has 30 heavy (non-hydrogen) atoms. The number of nitrogens with one attached hydrogen (secondary N) is 2. The van der Waals surface area contributed by atoms with Crippen LogP contribution < -0.4 is 24.8 Å². The van der Waals surface area contributed by atoms with Gasteiger partial charge >= 0.3 is 6.03 Å². The first kappa shape index (κ1) is 19.3. The highest BCUT2D eigenvalue weighted by Gasteiger charge is 2.35. The summed E-state index contributed by atoms with van der Waals surface area (Å²) in [6.07, 6.45) is 1.49. The first-order valence-corrected chi connectivity index (χ1v) is 9.13. The molecule has 0 unspecified atom stereocenters. The molecule has 0 atom stereocenters. The van der Waals surface area contributed by atoms with Gasteiger partial charge in [-0.1, -0.05) is 17.7 Å². The lowest BCUT2D eigenvalue weighted by atomic mass is 10.1. The summed E-state index contributed by atoms with van der Waals surface area (Å²) in [5, 5.41) is 5.16. The summed E-state index contributed by atoms with van der Waals surface area (Å²) in [5.41, 5.74) is 2.26. The molecule has 9 nitrogen and oxygen atoms in total. The molecule has 2 N–H and O–H groups in total. The number of methoxy groups -OCH3 is 1. The van der Waals surface area contributed by atoms with E-state index >= 15 is 0 Å². The molecule has 0 spiro atoms. The quantitative estimate of drug-likeness (QED) is 0.580. The fourth-order valence-corrected chi connectivity index (χ4v) is 3.10. The maximum Gasteiger partial charge on any atom is 0.329 e. The maximum absolute atomic E-state index is 12.6. The van der Waals surface area contributed by atoms with Crippen LogP contribution in [0.15, 0.2) is 42.1 Å². The van der Waals surface area contributed by atoms with Gasteiger partial charge in [0, 0.05) is 5.69 Å². The Hall–Kier alpha value is -4.01. The van der Waals surface area contributed by atoms with Crippen LogP contribution in [0.1, 0.15) is 11.1 Å². The molecule has 2 aliphatic rings. The fraction of sp³-hybridized carbons (Fsp3) is 0.190. The molecule has 4 amide bonds. The van der Waals surface area contributed by atoms with E-state index in [1.807, 2.05) is 19.1 Å². The van der Waals surface area contributed by atoms with E-state index in [1.165, 1.54) is 13.2 Å². The zero-order valence-electron chi connectivity index (χ0n) is 16.4. The molecule has 2 heterocycles. The fourth-order valence-electron chi connectivity index (χ4n) is 3.10. The molecule has 1 saturated heterocycles. The van der Waals surface area contributed by atoms with Gasteiger partial charge in [-0.25, -0.2) is 9.69 Å². The van der Waals surface area contributed by atoms with Crippen molar-refractivity contribution in [1.29, 1.82) is 0 Å². The standard InChI is InChI=1S/C21H19N3O6/c1-12-3-5-14(6-4-12)22-18(25)10-24-20(26)15(23-21(24)27)7-13-8-16(28-2)19-17(9-13)29-11-30-19/h3-9H,10-11H2,1-2H3,(H,22,25)(H,23,27)/b15-7-. The first-order valence-electron chi connectivity index (χ1n) is 9.13. The van der Waals surface area contributed by atoms with Gasteiger partial charge in [-0.3, -0.25) is 9.59 Å². The molecule has 1 fully saturated rings. The second-order valence-corrected chi connectivity index (χ2v) is 6.75. The SMILES string of the molecule is COc1cc(/C=C2\NC(=O)N(CC(=O)Nc3ccc(C)cc3)C2=O)cc2c1OCO2. The van der Waals surface area contributed by atoms with E-state index in [1.54, 1.807) is 24.3 Å². The number of amides is 4. The van der Waals surface area contributed by atoms with Crippen molar-refractivity contribution < 1.29 is 28.6 Å². The van der Waals surface area contributed by atoms with Gasteiger partial charge < -0.3 is 24.8 Å². The monoisotopic (exact) mass is 409 g/mol. The lowest BCUT2D eigenvalue weighted by Gasteiger charge is -2.12. The lowest BCUT2D eigenvalue weighted by molar-refractivity contribution is -0.127. The van der Waals surface area contributed by atoms with Crippen LogP contribution in [-0.4, -0.2) is 43.2 Å². The number of urea groups is 1. The number of fused-ring (bicyclic) bond motifs is 1. The summed E-state index contributed by atoms with van der Waals surface area (Å²) >= 11 is 0. The Morgan fingerprint density at radius 1 is 1.23 bits per heavy atom. The molecule has 0 saturated carbocycles. The van der Waals surface area contributed by atoms with Gasteiger partial charge in [0.15, 0.2) is 11.5 Å². The summed E-state index contributed by atoms with van der Waals surface area (Å²) in [6, 6.07) is 9.86. The average molecular weight is 409 g/mol. The smallest absolute Gasteiger partial charge is 0.329 e. The van der Waals surface area contributed by atoms with Crippen LogP contribution >= 0.6 is 0 Å². The molecule has 0 bridgehead atoms. The van der Waals surface area contributed by atoms with Crippen molar-refractivity contribution >= 4 is 29.6 Å². The normalized spacial score (nSPS) is 16.1. The molecule has 0 radical (unpaired) electrons. The Morgan fingerprint density at radius 3 is 2.73 bits per heavy atom. The predicted octanol–water partition coefficient (Wildman–Crippen LogP) is 2.26. The van der Waals surface area contributed by atoms with E-state index < -0.39 is 24.4 Å². The summed E-state index contributed by atoms with van der Waals surface area (Å²) in [5.74, 6) is 0.329. The summed E-state index contributed by atoms with van der Waals surface area (Å²) in [4.78, 5) is 38.0. The van der Waals surface area contributed by atoms with Crippen LogP contribution in [0, 0.1) is 6.92 Å². The van der Waals surface area contributed by atoms with E-state index in [4.69, 9.17) is 14.2 Å². The summed E-state index contributed by atoms with van der Waals surface area (Å²) in [7, 11) is 1.49. The minimum Gasteiger partial charge on any atom is -0.493 e. The Balaban J connectivity index is 1.48. The minimum absolute atomic E-state index is 0.0454. The molecule has 2 aliphatic heterocycles. The zero-order chi connectivity index (χ0) is 21.3. The van der Waals surface area contributed by atoms with Crippen LogP contribution in [0.2, 0.25) is 0 Å². The third kappa shape index (κ3) is 3.77. The lowest BCUT2D eigenvalue weighted by Crippen LogP contribution is -2.38. The number of aryl methyl sites for hydroxylation is 1. The van der Waals surface area contributed by atoms with Gasteiger partial charge in [0.2, 0.25) is 18.4 Å². The van der Waals surface area contributed by atoms with Gasteiger partial charge in [-0.05, 0) is 42.8 Å². The van der Waals surface area contributed by atoms with E-state index in [0.717, 1.165) is 10.5 Å². The molecule has 2 aromatic carbocycles. The Kier molecular flexibility index (Phi) is 5.01. The minimum atomic E-state index is -0.669. The van der Waals surface area contributed by atoms with Gasteiger partial charge in [-0.2, -0.15) is 0 Å². The van der Waals surface area contributed by atoms with Crippen LogP contribution in [0.5, 0.6) is 17.2 Å². The number of rotatable bonds is 5. The average Bonchev–Trinajstić information content (AvgIpc) is 3.29. The number of carbonyl (C=O) groups is 3. The second kappa shape index (κ2) is 7.78. The van der Waals surface area contributed by atoms with Crippen LogP contribution in [0.25, 0.3) is 6.08 Å². The number of anilines is 1. The van der Waals surface area contributed by atoms with Crippen molar-refractivity contribution in [1.82, 2.24) is 10.2 Å². The number of ether oxygens (including phenoxy) is 3. The van der Waals surface area contributed by atoms with Crippen molar-refractivity contribution in [3.63, 3.8) is 0 Å². The maximum atomic E-state index is 12.6. The highest BCUT2D eigenvalue weighted by Crippen LogP contribution is 2.42. The Bertz CT molecular complexity index is 1060. The largest absolute Gasteiger partial charge is 0.493 e. The highest BCUT2D eigenvalue weighted by molar-refractivity contribution is 6.16. The van der Waals surface area contributed by atoms with Gasteiger partial charge in [0.05, 0.1) is 7.11 Å². The molecule has 9 heteroatoms. The van der Waals surface area contributed by atoms with Crippen molar-refractivity contribution in [2.24, 2.45) is 0 Å². The number of imide groups is 1. The number of benzene rings is 2. The molecule has 154 valence electrons. The summed E-state index contributed by atoms with van der Waals surface area (Å²) < 4.78 is 16.0. The van der Waals surface area contributed by atoms with Gasteiger partial charge in [0.1, 0.15) is 12.2 Å². The van der Waals surface area contributed by atoms with Gasteiger partial charge in [-0.15, -0.1) is 0 Å². The van der Waals surface area contributed by atoms with E-state index in [2.05, 4.69) is 10.6 Å². The van der Waals surface area contributed by atoms with E-state index in [0.29, 0.717) is 28.5 Å². The number of carbonyl (C=O) groups excluding carboxylic acids is 3. The van der Waals surface area contributed by atoms with Crippen molar-refractivity contribution in [2.75, 3.05) is 25.8 Å². The van der Waals surface area contributed by atoms with E-state index in [-0.39, 0.29) is 12.5 Å². The third-order valence-electron chi connectivity index (χ3n) is 4.59. The molecule has 4 rings (SSSR count).